The summed E-state index contributed by atoms with van der Waals surface area (Å²) in [4.78, 5) is 8.89. The smallest absolute Gasteiger partial charge is 0.225 e. The minimum atomic E-state index is 0.104. The van der Waals surface area contributed by atoms with Gasteiger partial charge >= 0.3 is 0 Å². The van der Waals surface area contributed by atoms with Crippen LogP contribution < -0.4 is 15.4 Å². The zero-order valence-corrected chi connectivity index (χ0v) is 15.3. The molecular weight excluding hydrogens is 324 g/mol. The molecule has 0 fully saturated rings. The second-order valence-corrected chi connectivity index (χ2v) is 6.33. The molecule has 0 spiro atoms. The fourth-order valence-electron chi connectivity index (χ4n) is 2.58. The van der Waals surface area contributed by atoms with E-state index in [1.165, 1.54) is 5.56 Å². The molecule has 0 saturated heterocycles. The average Bonchev–Trinajstić information content (AvgIpc) is 2.64. The summed E-state index contributed by atoms with van der Waals surface area (Å²) in [7, 11) is 0. The van der Waals surface area contributed by atoms with Crippen LogP contribution >= 0.6 is 0 Å². The number of hydrogen-bond donors (Lipinski definition) is 2. The van der Waals surface area contributed by atoms with Crippen molar-refractivity contribution in [2.45, 2.75) is 32.9 Å². The van der Waals surface area contributed by atoms with Gasteiger partial charge in [-0.3, -0.25) is 0 Å². The van der Waals surface area contributed by atoms with Crippen LogP contribution in [0.3, 0.4) is 0 Å². The molecule has 26 heavy (non-hydrogen) atoms. The van der Waals surface area contributed by atoms with Crippen molar-refractivity contribution in [1.29, 1.82) is 0 Å². The van der Waals surface area contributed by atoms with Crippen molar-refractivity contribution in [3.8, 4) is 5.75 Å². The van der Waals surface area contributed by atoms with Gasteiger partial charge in [-0.05, 0) is 44.5 Å². The number of hydrogen-bond acceptors (Lipinski definition) is 5. The van der Waals surface area contributed by atoms with Crippen molar-refractivity contribution >= 4 is 17.5 Å². The number of para-hydroxylation sites is 2. The zero-order valence-electron chi connectivity index (χ0n) is 15.3. The first-order valence-corrected chi connectivity index (χ1v) is 8.79. The van der Waals surface area contributed by atoms with Gasteiger partial charge in [-0.15, -0.1) is 0 Å². The van der Waals surface area contributed by atoms with Crippen LogP contribution in [-0.2, 0) is 0 Å². The third-order valence-electron chi connectivity index (χ3n) is 3.81. The van der Waals surface area contributed by atoms with Crippen LogP contribution in [0, 0.1) is 0 Å². The Balaban J connectivity index is 1.74. The van der Waals surface area contributed by atoms with Gasteiger partial charge in [0.1, 0.15) is 11.6 Å². The average molecular weight is 348 g/mol. The summed E-state index contributed by atoms with van der Waals surface area (Å²) in [6, 6.07) is 20.0. The summed E-state index contributed by atoms with van der Waals surface area (Å²) in [6.45, 7) is 6.10. The molecule has 1 unspecified atom stereocenters. The molecule has 0 radical (unpaired) electrons. The Morgan fingerprint density at radius 2 is 1.62 bits per heavy atom. The van der Waals surface area contributed by atoms with Crippen molar-refractivity contribution in [1.82, 2.24) is 9.97 Å². The molecule has 5 nitrogen and oxygen atoms in total. The minimum Gasteiger partial charge on any atom is -0.489 e. The quantitative estimate of drug-likeness (QED) is 0.616. The molecule has 1 heterocycles. The maximum absolute atomic E-state index is 5.85. The lowest BCUT2D eigenvalue weighted by Crippen LogP contribution is -2.10. The molecule has 0 saturated carbocycles. The lowest BCUT2D eigenvalue weighted by atomic mass is 10.1. The first kappa shape index (κ1) is 17.7. The number of benzene rings is 2. The Morgan fingerprint density at radius 1 is 0.885 bits per heavy atom. The molecule has 3 aromatic rings. The molecule has 0 amide bonds. The van der Waals surface area contributed by atoms with Gasteiger partial charge < -0.3 is 15.4 Å². The fraction of sp³-hybridized carbons (Fsp3) is 0.238. The van der Waals surface area contributed by atoms with Crippen molar-refractivity contribution < 1.29 is 4.74 Å². The van der Waals surface area contributed by atoms with Crippen molar-refractivity contribution in [2.24, 2.45) is 0 Å². The summed E-state index contributed by atoms with van der Waals surface area (Å²) in [5.41, 5.74) is 2.06. The Kier molecular flexibility index (Phi) is 5.69. The highest BCUT2D eigenvalue weighted by Gasteiger charge is 2.09. The zero-order chi connectivity index (χ0) is 18.4. The van der Waals surface area contributed by atoms with Gasteiger partial charge in [-0.25, -0.2) is 4.98 Å². The molecule has 0 aliphatic rings. The first-order chi connectivity index (χ1) is 12.6. The number of rotatable bonds is 7. The molecule has 0 bridgehead atoms. The van der Waals surface area contributed by atoms with Gasteiger partial charge in [0.25, 0.3) is 0 Å². The van der Waals surface area contributed by atoms with E-state index in [9.17, 15) is 0 Å². The Bertz CT molecular complexity index is 836. The van der Waals surface area contributed by atoms with E-state index in [1.54, 1.807) is 6.20 Å². The predicted molar refractivity (Wildman–Crippen MR) is 106 cm³/mol. The summed E-state index contributed by atoms with van der Waals surface area (Å²) in [5.74, 6) is 2.09. The van der Waals surface area contributed by atoms with Crippen LogP contribution in [0.4, 0.5) is 17.5 Å². The number of anilines is 3. The summed E-state index contributed by atoms with van der Waals surface area (Å²) in [6.07, 6.45) is 1.84. The minimum absolute atomic E-state index is 0.104. The Labute approximate surface area is 154 Å². The van der Waals surface area contributed by atoms with E-state index < -0.39 is 0 Å². The molecule has 0 aliphatic heterocycles. The summed E-state index contributed by atoms with van der Waals surface area (Å²) >= 11 is 0. The third-order valence-corrected chi connectivity index (χ3v) is 3.81. The van der Waals surface area contributed by atoms with Crippen LogP contribution in [0.1, 0.15) is 32.4 Å². The standard InChI is InChI=1S/C21H24N4O/c1-15(2)26-19-12-8-7-11-18(19)24-20-13-14-22-21(25-20)23-16(3)17-9-5-4-6-10-17/h4-16H,1-3H3,(H2,22,23,24,25). The second kappa shape index (κ2) is 8.34. The van der Waals surface area contributed by atoms with Gasteiger partial charge in [0, 0.05) is 6.20 Å². The Hall–Kier alpha value is -3.08. The van der Waals surface area contributed by atoms with Gasteiger partial charge in [-0.1, -0.05) is 42.5 Å². The normalized spacial score (nSPS) is 11.8. The molecule has 1 aromatic heterocycles. The molecule has 5 heteroatoms. The lowest BCUT2D eigenvalue weighted by molar-refractivity contribution is 0.244. The number of aromatic nitrogens is 2. The molecular formula is C21H24N4O. The van der Waals surface area contributed by atoms with E-state index in [-0.39, 0.29) is 12.1 Å². The van der Waals surface area contributed by atoms with E-state index in [1.807, 2.05) is 62.4 Å². The highest BCUT2D eigenvalue weighted by Crippen LogP contribution is 2.28. The van der Waals surface area contributed by atoms with E-state index in [0.29, 0.717) is 11.8 Å². The number of nitrogens with one attached hydrogen (secondary N) is 2. The number of ether oxygens (including phenoxy) is 1. The highest BCUT2D eigenvalue weighted by atomic mass is 16.5. The van der Waals surface area contributed by atoms with Gasteiger partial charge in [0.2, 0.25) is 5.95 Å². The van der Waals surface area contributed by atoms with Gasteiger partial charge in [-0.2, -0.15) is 4.98 Å². The predicted octanol–water partition coefficient (Wildman–Crippen LogP) is 5.18. The molecule has 0 aliphatic carbocycles. The largest absolute Gasteiger partial charge is 0.489 e. The summed E-state index contributed by atoms with van der Waals surface area (Å²) < 4.78 is 5.85. The van der Waals surface area contributed by atoms with Crippen LogP contribution in [0.5, 0.6) is 5.75 Å². The van der Waals surface area contributed by atoms with E-state index >= 15 is 0 Å². The number of nitrogens with zero attached hydrogens (tertiary/aromatic N) is 2. The Morgan fingerprint density at radius 3 is 2.38 bits per heavy atom. The van der Waals surface area contributed by atoms with E-state index in [4.69, 9.17) is 4.74 Å². The highest BCUT2D eigenvalue weighted by molar-refractivity contribution is 5.64. The van der Waals surface area contributed by atoms with E-state index in [0.717, 1.165) is 11.4 Å². The topological polar surface area (TPSA) is 59.1 Å². The lowest BCUT2D eigenvalue weighted by Gasteiger charge is -2.16. The second-order valence-electron chi connectivity index (χ2n) is 6.33. The maximum atomic E-state index is 5.85. The third kappa shape index (κ3) is 4.72. The molecule has 3 rings (SSSR count). The van der Waals surface area contributed by atoms with Crippen LogP contribution in [0.25, 0.3) is 0 Å². The molecule has 2 aromatic carbocycles. The monoisotopic (exact) mass is 348 g/mol. The van der Waals surface area contributed by atoms with E-state index in [2.05, 4.69) is 39.7 Å². The maximum Gasteiger partial charge on any atom is 0.225 e. The van der Waals surface area contributed by atoms with Gasteiger partial charge in [0.15, 0.2) is 0 Å². The van der Waals surface area contributed by atoms with Crippen molar-refractivity contribution in [3.63, 3.8) is 0 Å². The van der Waals surface area contributed by atoms with Gasteiger partial charge in [0.05, 0.1) is 17.8 Å². The SMILES string of the molecule is CC(C)Oc1ccccc1Nc1ccnc(NC(C)c2ccccc2)n1. The first-order valence-electron chi connectivity index (χ1n) is 8.79. The van der Waals surface area contributed by atoms with Crippen LogP contribution in [0.15, 0.2) is 66.9 Å². The van der Waals surface area contributed by atoms with Crippen LogP contribution in [-0.4, -0.2) is 16.1 Å². The summed E-state index contributed by atoms with van der Waals surface area (Å²) in [5, 5.41) is 6.65. The molecule has 134 valence electrons. The van der Waals surface area contributed by atoms with Crippen molar-refractivity contribution in [3.05, 3.63) is 72.4 Å². The fourth-order valence-corrected chi connectivity index (χ4v) is 2.58. The molecule has 1 atom stereocenters. The van der Waals surface area contributed by atoms with Crippen molar-refractivity contribution in [2.75, 3.05) is 10.6 Å². The van der Waals surface area contributed by atoms with Crippen LogP contribution in [0.2, 0.25) is 0 Å². The molecule has 2 N–H and O–H groups in total.